The lowest BCUT2D eigenvalue weighted by Gasteiger charge is -2.36. The third-order valence-corrected chi connectivity index (χ3v) is 7.43. The van der Waals surface area contributed by atoms with Crippen LogP contribution in [-0.4, -0.2) is 26.5 Å². The summed E-state index contributed by atoms with van der Waals surface area (Å²) in [6, 6.07) is -0.231. The van der Waals surface area contributed by atoms with Crippen molar-refractivity contribution in [3.8, 4) is 0 Å². The van der Waals surface area contributed by atoms with Gasteiger partial charge in [0.15, 0.2) is 9.84 Å². The molecule has 120 valence electrons. The highest BCUT2D eigenvalue weighted by molar-refractivity contribution is 7.92. The Kier molecular flexibility index (Phi) is 4.96. The predicted molar refractivity (Wildman–Crippen MR) is 90.9 cm³/mol. The molecule has 0 saturated carbocycles. The van der Waals surface area contributed by atoms with Crippen molar-refractivity contribution in [1.29, 1.82) is 0 Å². The van der Waals surface area contributed by atoms with Gasteiger partial charge in [0, 0.05) is 6.26 Å². The van der Waals surface area contributed by atoms with Crippen LogP contribution in [-0.2, 0) is 9.84 Å². The van der Waals surface area contributed by atoms with Crippen molar-refractivity contribution in [1.82, 2.24) is 5.32 Å². The van der Waals surface area contributed by atoms with Crippen molar-refractivity contribution >= 4 is 9.84 Å². The topological polar surface area (TPSA) is 46.2 Å². The summed E-state index contributed by atoms with van der Waals surface area (Å²) in [6.45, 7) is 14.1. The van der Waals surface area contributed by atoms with E-state index in [4.69, 9.17) is 0 Å². The zero-order valence-electron chi connectivity index (χ0n) is 14.8. The molecule has 1 unspecified atom stereocenters. The molecule has 1 aromatic carbocycles. The SMILES string of the molecule is CNC(c1c(C)c(C)c(C)c(C)c1C)C(C)(C)S(C)(=O)=O. The van der Waals surface area contributed by atoms with Gasteiger partial charge in [-0.2, -0.15) is 0 Å². The van der Waals surface area contributed by atoms with E-state index < -0.39 is 14.6 Å². The lowest BCUT2D eigenvalue weighted by molar-refractivity contribution is 0.443. The molecule has 1 atom stereocenters. The Hall–Kier alpha value is -0.870. The maximum Gasteiger partial charge on any atom is 0.154 e. The summed E-state index contributed by atoms with van der Waals surface area (Å²) in [4.78, 5) is 0. The molecule has 1 rings (SSSR count). The minimum Gasteiger partial charge on any atom is -0.312 e. The van der Waals surface area contributed by atoms with Crippen LogP contribution < -0.4 is 5.32 Å². The molecule has 1 N–H and O–H groups in total. The smallest absolute Gasteiger partial charge is 0.154 e. The standard InChI is InChI=1S/C17H29NO2S/c1-10-11(2)13(4)15(14(5)12(10)3)16(18-8)17(6,7)21(9,19)20/h16,18H,1-9H3. The molecule has 0 aliphatic carbocycles. The second-order valence-electron chi connectivity index (χ2n) is 6.64. The van der Waals surface area contributed by atoms with Crippen molar-refractivity contribution in [2.45, 2.75) is 59.3 Å². The van der Waals surface area contributed by atoms with E-state index in [1.54, 1.807) is 13.8 Å². The van der Waals surface area contributed by atoms with Gasteiger partial charge in [0.05, 0.1) is 10.8 Å². The van der Waals surface area contributed by atoms with Crippen molar-refractivity contribution in [2.75, 3.05) is 13.3 Å². The van der Waals surface area contributed by atoms with E-state index in [1.807, 2.05) is 7.05 Å². The Morgan fingerprint density at radius 1 is 0.857 bits per heavy atom. The average molecular weight is 311 g/mol. The van der Waals surface area contributed by atoms with E-state index in [1.165, 1.54) is 34.1 Å². The van der Waals surface area contributed by atoms with Crippen LogP contribution in [0.1, 0.15) is 53.3 Å². The van der Waals surface area contributed by atoms with Gasteiger partial charge in [0.1, 0.15) is 0 Å². The molecule has 0 amide bonds. The zero-order chi connectivity index (χ0) is 16.7. The van der Waals surface area contributed by atoms with E-state index in [-0.39, 0.29) is 6.04 Å². The van der Waals surface area contributed by atoms with Crippen molar-refractivity contribution in [3.63, 3.8) is 0 Å². The van der Waals surface area contributed by atoms with Gasteiger partial charge < -0.3 is 5.32 Å². The fraction of sp³-hybridized carbons (Fsp3) is 0.647. The van der Waals surface area contributed by atoms with Crippen LogP contribution in [0.3, 0.4) is 0 Å². The lowest BCUT2D eigenvalue weighted by atomic mass is 9.82. The molecule has 3 nitrogen and oxygen atoms in total. The second-order valence-corrected chi connectivity index (χ2v) is 9.23. The number of hydrogen-bond donors (Lipinski definition) is 1. The third kappa shape index (κ3) is 2.88. The van der Waals surface area contributed by atoms with Gasteiger partial charge in [0.25, 0.3) is 0 Å². The highest BCUT2D eigenvalue weighted by atomic mass is 32.2. The molecular formula is C17H29NO2S. The molecule has 4 heteroatoms. The first kappa shape index (κ1) is 18.2. The van der Waals surface area contributed by atoms with E-state index in [0.29, 0.717) is 0 Å². The average Bonchev–Trinajstić information content (AvgIpc) is 2.37. The first-order chi connectivity index (χ1) is 9.37. The second kappa shape index (κ2) is 5.73. The zero-order valence-corrected chi connectivity index (χ0v) is 15.6. The first-order valence-corrected chi connectivity index (χ1v) is 9.20. The molecule has 21 heavy (non-hydrogen) atoms. The number of rotatable bonds is 4. The summed E-state index contributed by atoms with van der Waals surface area (Å²) in [7, 11) is -1.36. The van der Waals surface area contributed by atoms with Crippen LogP contribution in [0.4, 0.5) is 0 Å². The molecule has 1 aromatic rings. The summed E-state index contributed by atoms with van der Waals surface area (Å²) in [6.07, 6.45) is 1.32. The molecule has 0 aliphatic heterocycles. The molecule has 0 spiro atoms. The summed E-state index contributed by atoms with van der Waals surface area (Å²) < 4.78 is 23.6. The van der Waals surface area contributed by atoms with Gasteiger partial charge in [-0.05, 0) is 88.9 Å². The van der Waals surface area contributed by atoms with Gasteiger partial charge in [-0.3, -0.25) is 0 Å². The monoisotopic (exact) mass is 311 g/mol. The Morgan fingerprint density at radius 3 is 1.48 bits per heavy atom. The summed E-state index contributed by atoms with van der Waals surface area (Å²) in [5.41, 5.74) is 7.28. The highest BCUT2D eigenvalue weighted by Gasteiger charge is 2.40. The largest absolute Gasteiger partial charge is 0.312 e. The van der Waals surface area contributed by atoms with Crippen molar-refractivity contribution < 1.29 is 8.42 Å². The van der Waals surface area contributed by atoms with Crippen LogP contribution >= 0.6 is 0 Å². The molecule has 0 heterocycles. The molecule has 0 aromatic heterocycles. The Morgan fingerprint density at radius 2 is 1.19 bits per heavy atom. The van der Waals surface area contributed by atoms with Gasteiger partial charge >= 0.3 is 0 Å². The minimum absolute atomic E-state index is 0.231. The van der Waals surface area contributed by atoms with Gasteiger partial charge in [-0.25, -0.2) is 8.42 Å². The summed E-state index contributed by atoms with van der Waals surface area (Å²) in [5, 5.41) is 3.24. The van der Waals surface area contributed by atoms with Crippen LogP contribution in [0.2, 0.25) is 0 Å². The molecule has 0 fully saturated rings. The minimum atomic E-state index is -3.19. The van der Waals surface area contributed by atoms with Crippen LogP contribution in [0.15, 0.2) is 0 Å². The number of sulfone groups is 1. The lowest BCUT2D eigenvalue weighted by Crippen LogP contribution is -2.44. The Balaban J connectivity index is 3.73. The van der Waals surface area contributed by atoms with Gasteiger partial charge in [-0.15, -0.1) is 0 Å². The first-order valence-electron chi connectivity index (χ1n) is 7.31. The Bertz CT molecular complexity index is 629. The maximum atomic E-state index is 12.2. The number of benzene rings is 1. The van der Waals surface area contributed by atoms with Crippen molar-refractivity contribution in [2.24, 2.45) is 0 Å². The van der Waals surface area contributed by atoms with E-state index in [0.717, 1.165) is 5.56 Å². The molecule has 0 radical (unpaired) electrons. The molecule has 0 saturated heterocycles. The van der Waals surface area contributed by atoms with Crippen LogP contribution in [0.25, 0.3) is 0 Å². The third-order valence-electron chi connectivity index (χ3n) is 5.29. The maximum absolute atomic E-state index is 12.2. The van der Waals surface area contributed by atoms with Crippen LogP contribution in [0, 0.1) is 34.6 Å². The fourth-order valence-electron chi connectivity index (χ4n) is 3.02. The molecule has 0 aliphatic rings. The quantitative estimate of drug-likeness (QED) is 0.928. The predicted octanol–water partition coefficient (Wildman–Crippen LogP) is 3.31. The van der Waals surface area contributed by atoms with Crippen LogP contribution in [0.5, 0.6) is 0 Å². The highest BCUT2D eigenvalue weighted by Crippen LogP contribution is 2.38. The molecule has 0 bridgehead atoms. The van der Waals surface area contributed by atoms with E-state index in [2.05, 4.69) is 39.9 Å². The summed E-state index contributed by atoms with van der Waals surface area (Å²) >= 11 is 0. The number of nitrogens with one attached hydrogen (secondary N) is 1. The van der Waals surface area contributed by atoms with Gasteiger partial charge in [-0.1, -0.05) is 0 Å². The number of hydrogen-bond acceptors (Lipinski definition) is 3. The fourth-order valence-corrected chi connectivity index (χ4v) is 3.68. The molecular weight excluding hydrogens is 282 g/mol. The normalized spacial score (nSPS) is 14.3. The van der Waals surface area contributed by atoms with E-state index >= 15 is 0 Å². The Labute approximate surface area is 130 Å². The van der Waals surface area contributed by atoms with E-state index in [9.17, 15) is 8.42 Å². The summed E-state index contributed by atoms with van der Waals surface area (Å²) in [5.74, 6) is 0. The van der Waals surface area contributed by atoms with Gasteiger partial charge in [0.2, 0.25) is 0 Å². The van der Waals surface area contributed by atoms with Crippen molar-refractivity contribution in [3.05, 3.63) is 33.4 Å².